The molecule has 1 saturated heterocycles. The van der Waals surface area contributed by atoms with Crippen LogP contribution in [0.1, 0.15) is 54.2 Å². The number of nitrogen functional groups attached to an aromatic ring is 1. The van der Waals surface area contributed by atoms with E-state index in [2.05, 4.69) is 82.7 Å². The van der Waals surface area contributed by atoms with Crippen LogP contribution in [0.2, 0.25) is 36.3 Å². The molecule has 3 heterocycles. The van der Waals surface area contributed by atoms with Crippen molar-refractivity contribution in [3.05, 3.63) is 16.7 Å². The van der Waals surface area contributed by atoms with Gasteiger partial charge < -0.3 is 19.3 Å². The van der Waals surface area contributed by atoms with Gasteiger partial charge in [0.15, 0.2) is 27.8 Å². The third kappa shape index (κ3) is 5.27. The summed E-state index contributed by atoms with van der Waals surface area (Å²) in [6.45, 7) is 22.8. The first-order valence-electron chi connectivity index (χ1n) is 11.6. The van der Waals surface area contributed by atoms with E-state index < -0.39 is 16.6 Å². The number of aromatic nitrogens is 4. The van der Waals surface area contributed by atoms with E-state index in [0.29, 0.717) is 18.7 Å². The van der Waals surface area contributed by atoms with E-state index in [0.717, 1.165) is 0 Å². The predicted octanol–water partition coefficient (Wildman–Crippen LogP) is 4.40. The Morgan fingerprint density at radius 2 is 1.76 bits per heavy atom. The number of fused-ring (bicyclic) bond motifs is 1. The molecular formula is C22H41N5O4Si2. The largest absolute Gasteiger partial charge is 0.414 e. The van der Waals surface area contributed by atoms with Crippen molar-refractivity contribution in [2.24, 2.45) is 0 Å². The number of ether oxygens (including phenoxy) is 1. The second-order valence-electron chi connectivity index (χ2n) is 12.1. The van der Waals surface area contributed by atoms with Crippen molar-refractivity contribution < 1.29 is 13.6 Å². The number of aromatic amines is 1. The van der Waals surface area contributed by atoms with Gasteiger partial charge in [-0.25, -0.2) is 4.98 Å². The molecule has 0 saturated carbocycles. The molecule has 3 rings (SSSR count). The Balaban J connectivity index is 1.91. The SMILES string of the molecule is CC(C)(C)[Si](C)(C)OCC1OC(n2cnc3c(=O)[nH]c(N)nc32)CC1O[Si](C)(C)C(C)(C)C. The first-order valence-corrected chi connectivity index (χ1v) is 17.4. The quantitative estimate of drug-likeness (QED) is 0.570. The van der Waals surface area contributed by atoms with Gasteiger partial charge in [-0.05, 0) is 36.3 Å². The lowest BCUT2D eigenvalue weighted by Crippen LogP contribution is -2.48. The Hall–Kier alpha value is -1.54. The number of nitrogens with two attached hydrogens (primary N) is 1. The number of H-pyrrole nitrogens is 1. The van der Waals surface area contributed by atoms with Crippen LogP contribution in [0.3, 0.4) is 0 Å². The second-order valence-corrected chi connectivity index (χ2v) is 21.7. The molecule has 2 aromatic heterocycles. The van der Waals surface area contributed by atoms with Crippen LogP contribution in [0, 0.1) is 0 Å². The molecule has 11 heteroatoms. The highest BCUT2D eigenvalue weighted by Crippen LogP contribution is 2.42. The number of nitrogens with zero attached hydrogens (tertiary/aromatic N) is 3. The van der Waals surface area contributed by atoms with E-state index in [1.807, 2.05) is 0 Å². The van der Waals surface area contributed by atoms with Crippen molar-refractivity contribution in [3.63, 3.8) is 0 Å². The topological polar surface area (TPSA) is 117 Å². The molecule has 0 radical (unpaired) electrons. The number of imidazole rings is 1. The highest BCUT2D eigenvalue weighted by Gasteiger charge is 2.46. The molecule has 0 aliphatic carbocycles. The van der Waals surface area contributed by atoms with Crippen molar-refractivity contribution in [3.8, 4) is 0 Å². The van der Waals surface area contributed by atoms with Gasteiger partial charge in [0.2, 0.25) is 5.95 Å². The predicted molar refractivity (Wildman–Crippen MR) is 136 cm³/mol. The molecule has 186 valence electrons. The minimum atomic E-state index is -2.05. The standard InChI is InChI=1S/C22H41N5O4Si2/c1-21(2,3)32(7,8)29-12-15-14(31-33(9,10)22(4,5)6)11-16(30-15)27-13-24-17-18(27)25-20(23)26-19(17)28/h13-16H,11-12H2,1-10H3,(H3,23,25,26,28). The molecule has 0 spiro atoms. The lowest BCUT2D eigenvalue weighted by atomic mass is 10.2. The smallest absolute Gasteiger partial charge is 0.280 e. The van der Waals surface area contributed by atoms with Gasteiger partial charge in [-0.15, -0.1) is 0 Å². The van der Waals surface area contributed by atoms with E-state index in [1.54, 1.807) is 10.9 Å². The molecular weight excluding hydrogens is 454 g/mol. The molecule has 2 aromatic rings. The minimum absolute atomic E-state index is 0.0548. The number of rotatable bonds is 6. The Bertz CT molecular complexity index is 1050. The molecule has 3 atom stereocenters. The van der Waals surface area contributed by atoms with Gasteiger partial charge >= 0.3 is 0 Å². The number of hydrogen-bond donors (Lipinski definition) is 2. The van der Waals surface area contributed by atoms with E-state index in [4.69, 9.17) is 19.3 Å². The first-order chi connectivity index (χ1) is 14.9. The maximum Gasteiger partial charge on any atom is 0.280 e. The van der Waals surface area contributed by atoms with Crippen LogP contribution in [-0.4, -0.2) is 55.0 Å². The summed E-state index contributed by atoms with van der Waals surface area (Å²) < 4.78 is 21.6. The van der Waals surface area contributed by atoms with Gasteiger partial charge in [-0.3, -0.25) is 14.3 Å². The lowest BCUT2D eigenvalue weighted by molar-refractivity contribution is -0.0383. The summed E-state index contributed by atoms with van der Waals surface area (Å²) in [5, 5.41) is 0.171. The molecule has 0 amide bonds. The van der Waals surface area contributed by atoms with Crippen LogP contribution in [0.25, 0.3) is 11.2 Å². The summed E-state index contributed by atoms with van der Waals surface area (Å²) in [5.41, 5.74) is 6.09. The second kappa shape index (κ2) is 8.60. The average Bonchev–Trinajstić information content (AvgIpc) is 3.21. The highest BCUT2D eigenvalue weighted by atomic mass is 28.4. The molecule has 1 aliphatic rings. The van der Waals surface area contributed by atoms with Gasteiger partial charge in [0, 0.05) is 6.42 Å². The maximum atomic E-state index is 12.2. The van der Waals surface area contributed by atoms with Crippen LogP contribution in [0.4, 0.5) is 5.95 Å². The fourth-order valence-electron chi connectivity index (χ4n) is 3.36. The zero-order valence-corrected chi connectivity index (χ0v) is 23.8. The van der Waals surface area contributed by atoms with Crippen molar-refractivity contribution >= 4 is 33.7 Å². The normalized spacial score (nSPS) is 22.9. The molecule has 9 nitrogen and oxygen atoms in total. The van der Waals surface area contributed by atoms with Crippen molar-refractivity contribution in [2.75, 3.05) is 12.3 Å². The summed E-state index contributed by atoms with van der Waals surface area (Å²) in [5.74, 6) is 0.0548. The van der Waals surface area contributed by atoms with E-state index in [1.165, 1.54) is 0 Å². The number of nitrogens with one attached hydrogen (secondary N) is 1. The van der Waals surface area contributed by atoms with Gasteiger partial charge in [0.1, 0.15) is 12.3 Å². The van der Waals surface area contributed by atoms with Gasteiger partial charge in [-0.1, -0.05) is 41.5 Å². The van der Waals surface area contributed by atoms with Crippen LogP contribution < -0.4 is 11.3 Å². The highest BCUT2D eigenvalue weighted by molar-refractivity contribution is 6.74. The Morgan fingerprint density at radius 3 is 2.33 bits per heavy atom. The average molecular weight is 496 g/mol. The zero-order valence-electron chi connectivity index (χ0n) is 21.8. The fourth-order valence-corrected chi connectivity index (χ4v) is 5.73. The number of anilines is 1. The molecule has 1 fully saturated rings. The molecule has 3 unspecified atom stereocenters. The van der Waals surface area contributed by atoms with Crippen LogP contribution in [0.5, 0.6) is 0 Å². The van der Waals surface area contributed by atoms with Crippen molar-refractivity contribution in [1.82, 2.24) is 19.5 Å². The van der Waals surface area contributed by atoms with E-state index in [9.17, 15) is 4.79 Å². The summed E-state index contributed by atoms with van der Waals surface area (Å²) in [6, 6.07) is 0. The van der Waals surface area contributed by atoms with Crippen LogP contribution in [-0.2, 0) is 13.6 Å². The van der Waals surface area contributed by atoms with Gasteiger partial charge in [-0.2, -0.15) is 4.98 Å². The zero-order chi connectivity index (χ0) is 25.0. The van der Waals surface area contributed by atoms with Crippen molar-refractivity contribution in [2.45, 2.75) is 103 Å². The third-order valence-corrected chi connectivity index (χ3v) is 16.6. The molecule has 1 aliphatic heterocycles. The Labute approximate surface area is 198 Å². The van der Waals surface area contributed by atoms with E-state index >= 15 is 0 Å². The van der Waals surface area contributed by atoms with Crippen LogP contribution in [0.15, 0.2) is 11.1 Å². The fraction of sp³-hybridized carbons (Fsp3) is 0.773. The van der Waals surface area contributed by atoms with Crippen molar-refractivity contribution in [1.29, 1.82) is 0 Å². The molecule has 0 bridgehead atoms. The summed E-state index contributed by atoms with van der Waals surface area (Å²) >= 11 is 0. The summed E-state index contributed by atoms with van der Waals surface area (Å²) in [4.78, 5) is 23.3. The molecule has 3 N–H and O–H groups in total. The Morgan fingerprint density at radius 1 is 1.15 bits per heavy atom. The lowest BCUT2D eigenvalue weighted by Gasteiger charge is -2.40. The summed E-state index contributed by atoms with van der Waals surface area (Å²) in [7, 11) is -4.01. The van der Waals surface area contributed by atoms with Gasteiger partial charge in [0.25, 0.3) is 5.56 Å². The number of hydrogen-bond acceptors (Lipinski definition) is 7. The van der Waals surface area contributed by atoms with Crippen LogP contribution >= 0.6 is 0 Å². The van der Waals surface area contributed by atoms with Gasteiger partial charge in [0.05, 0.1) is 19.0 Å². The summed E-state index contributed by atoms with van der Waals surface area (Å²) in [6.07, 6.45) is 1.49. The molecule has 33 heavy (non-hydrogen) atoms. The maximum absolute atomic E-state index is 12.2. The molecule has 0 aromatic carbocycles. The monoisotopic (exact) mass is 495 g/mol. The third-order valence-electron chi connectivity index (χ3n) is 7.61. The first kappa shape index (κ1) is 26.1. The van der Waals surface area contributed by atoms with E-state index in [-0.39, 0.29) is 45.5 Å². The Kier molecular flexibility index (Phi) is 6.79. The minimum Gasteiger partial charge on any atom is -0.414 e.